The molecule has 0 unspecified atom stereocenters. The van der Waals surface area contributed by atoms with Crippen molar-refractivity contribution in [3.63, 3.8) is 0 Å². The fourth-order valence-corrected chi connectivity index (χ4v) is 10.5. The minimum Gasteiger partial charge on any atom is -0.871 e. The second-order valence-electron chi connectivity index (χ2n) is 20.1. The summed E-state index contributed by atoms with van der Waals surface area (Å²) in [6, 6.07) is 30.6. The molecule has 0 spiro atoms. The first-order valence-electron chi connectivity index (χ1n) is 26.1. The molecule has 83 heavy (non-hydrogen) atoms. The minimum atomic E-state index is -0.104. The molecule has 6 aromatic heterocycles. The van der Waals surface area contributed by atoms with Crippen LogP contribution in [0, 0.1) is 83.1 Å². The maximum absolute atomic E-state index is 12.1. The Labute approximate surface area is 500 Å². The number of ether oxygens (including phenoxy) is 3. The van der Waals surface area contributed by atoms with Crippen molar-refractivity contribution in [3.05, 3.63) is 177 Å². The molecule has 0 radical (unpaired) electrons. The Hall–Kier alpha value is -8.96. The topological polar surface area (TPSA) is 243 Å². The fraction of sp³-hybridized carbons (Fsp3) is 0.182. The largest absolute Gasteiger partial charge is 3.00 e. The van der Waals surface area contributed by atoms with Crippen LogP contribution in [-0.2, 0) is 0 Å². The number of benzene rings is 6. The van der Waals surface area contributed by atoms with Gasteiger partial charge in [-0.1, -0.05) is 144 Å². The van der Waals surface area contributed by atoms with E-state index < -0.39 is 0 Å². The first-order chi connectivity index (χ1) is 38.6. The van der Waals surface area contributed by atoms with Gasteiger partial charge in [0.15, 0.2) is 34.5 Å². The predicted molar refractivity (Wildman–Crippen MR) is 316 cm³/mol. The molecule has 0 fully saturated rings. The average molecular weight is 1130 g/mol. The van der Waals surface area contributed by atoms with Crippen molar-refractivity contribution in [2.75, 3.05) is 0 Å². The molecule has 0 bridgehead atoms. The van der Waals surface area contributed by atoms with Crippen molar-refractivity contribution >= 4 is 100 Å². The summed E-state index contributed by atoms with van der Waals surface area (Å²) in [5, 5.41) is 77.2. The second kappa shape index (κ2) is 23.9. The maximum Gasteiger partial charge on any atom is 3.00 e. The van der Waals surface area contributed by atoms with Gasteiger partial charge in [0, 0.05) is 65.7 Å². The van der Waals surface area contributed by atoms with Gasteiger partial charge < -0.3 is 44.8 Å². The third-order valence-corrected chi connectivity index (χ3v) is 14.7. The van der Waals surface area contributed by atoms with E-state index in [1.54, 1.807) is 36.4 Å². The number of pyridine rings is 6. The summed E-state index contributed by atoms with van der Waals surface area (Å²) in [7, 11) is 0. The van der Waals surface area contributed by atoms with E-state index in [2.05, 4.69) is 29.9 Å². The molecular weight excluding hydrogens is 1070 g/mol. The van der Waals surface area contributed by atoms with Gasteiger partial charge in [-0.15, -0.1) is 0 Å². The molecule has 0 N–H and O–H groups in total. The van der Waals surface area contributed by atoms with E-state index in [0.29, 0.717) is 102 Å². The van der Waals surface area contributed by atoms with Gasteiger partial charge in [0.05, 0.1) is 67.3 Å². The quantitative estimate of drug-likeness (QED) is 0.141. The number of aryl methyl sites for hydroxylation is 12. The molecule has 0 aliphatic heterocycles. The zero-order valence-corrected chi connectivity index (χ0v) is 50.2. The van der Waals surface area contributed by atoms with Crippen LogP contribution in [0.2, 0.25) is 0 Å². The molecule has 0 amide bonds. The molecule has 6 heterocycles. The van der Waals surface area contributed by atoms with Gasteiger partial charge in [-0.2, -0.15) is 0 Å². The van der Waals surface area contributed by atoms with Crippen LogP contribution in [0.4, 0.5) is 0 Å². The van der Waals surface area contributed by atoms with E-state index in [1.165, 1.54) is 36.4 Å². The molecule has 17 heteroatoms. The molecule has 0 saturated heterocycles. The Morgan fingerprint density at radius 3 is 0.494 bits per heavy atom. The van der Waals surface area contributed by atoms with Gasteiger partial charge in [0.2, 0.25) is 0 Å². The summed E-state index contributed by atoms with van der Waals surface area (Å²) < 4.78 is 18.8. The van der Waals surface area contributed by atoms with Crippen molar-refractivity contribution in [1.29, 1.82) is 0 Å². The van der Waals surface area contributed by atoms with E-state index in [-0.39, 0.29) is 69.2 Å². The monoisotopic (exact) mass is 1130 g/mol. The number of hydrogen-bond acceptors (Lipinski definition) is 15. The van der Waals surface area contributed by atoms with Gasteiger partial charge in [-0.3, -0.25) is 0 Å². The van der Waals surface area contributed by atoms with Crippen LogP contribution < -0.4 is 44.8 Å². The first kappa shape index (κ1) is 60.1. The molecule has 0 aliphatic carbocycles. The van der Waals surface area contributed by atoms with E-state index in [1.807, 2.05) is 119 Å². The number of fused-ring (bicyclic) bond motifs is 6. The van der Waals surface area contributed by atoms with E-state index in [9.17, 15) is 30.6 Å². The standard InChI is InChI=1S/3C22H20N2O3.2Al/c3*1-11-15-7-5-9-17(25)19(15)23-13(3)21(11)27-22-12(2)16-8-6-10-18(26)20(16)24-14(22)4;;/h3*5-10,25-26H,1-4H3;;/q;;;2*+3/p-6. The number of rotatable bonds is 6. The van der Waals surface area contributed by atoms with E-state index in [0.717, 1.165) is 65.7 Å². The first-order valence-corrected chi connectivity index (χ1v) is 26.1. The summed E-state index contributed by atoms with van der Waals surface area (Å²) in [4.78, 5) is 26.8. The van der Waals surface area contributed by atoms with Crippen LogP contribution in [-0.4, -0.2) is 64.6 Å². The SMILES string of the molecule is Cc1nc2c([O-])cccc2c(C)c1Oc1c(C)nc2c([O-])cccc2c1C.Cc1nc2c([O-])cccc2c(C)c1Oc1c(C)nc2c([O-])cccc2c1C.Cc1nc2c([O-])cccc2c(C)c1Oc1c(C)nc2c([O-])cccc2c1C.[Al+3].[Al+3]. The molecule has 0 saturated carbocycles. The zero-order valence-electron chi connectivity index (χ0n) is 47.9. The number of hydrogen-bond donors (Lipinski definition) is 0. The van der Waals surface area contributed by atoms with Crippen molar-refractivity contribution in [3.8, 4) is 69.0 Å². The molecular formula is C66H54Al2N6O9. The van der Waals surface area contributed by atoms with Crippen LogP contribution in [0.25, 0.3) is 65.4 Å². The molecule has 0 aliphatic rings. The predicted octanol–water partition coefficient (Wildman–Crippen LogP) is 11.1. The van der Waals surface area contributed by atoms with Crippen LogP contribution in [0.15, 0.2) is 109 Å². The van der Waals surface area contributed by atoms with Gasteiger partial charge >= 0.3 is 34.7 Å². The van der Waals surface area contributed by atoms with Gasteiger partial charge in [-0.05, 0) is 83.1 Å². The summed E-state index contributed by atoms with van der Waals surface area (Å²) in [5.41, 5.74) is 11.6. The van der Waals surface area contributed by atoms with Crippen molar-refractivity contribution in [1.82, 2.24) is 29.9 Å². The van der Waals surface area contributed by atoms with Crippen LogP contribution in [0.3, 0.4) is 0 Å². The maximum atomic E-state index is 12.1. The van der Waals surface area contributed by atoms with E-state index in [4.69, 9.17) is 14.2 Å². The molecule has 15 nitrogen and oxygen atoms in total. The van der Waals surface area contributed by atoms with Crippen molar-refractivity contribution < 1.29 is 44.8 Å². The Morgan fingerprint density at radius 2 is 0.361 bits per heavy atom. The number of para-hydroxylation sites is 6. The summed E-state index contributed by atoms with van der Waals surface area (Å²) in [6.45, 7) is 22.4. The minimum absolute atomic E-state index is 0. The second-order valence-corrected chi connectivity index (χ2v) is 20.1. The van der Waals surface area contributed by atoms with Gasteiger partial charge in [-0.25, -0.2) is 29.9 Å². The third-order valence-electron chi connectivity index (χ3n) is 14.7. The molecule has 6 aromatic carbocycles. The Kier molecular flexibility index (Phi) is 17.3. The van der Waals surface area contributed by atoms with E-state index >= 15 is 0 Å². The zero-order chi connectivity index (χ0) is 57.9. The number of nitrogens with zero attached hydrogens (tertiary/aromatic N) is 6. The molecule has 0 atom stereocenters. The molecule has 12 aromatic rings. The van der Waals surface area contributed by atoms with Gasteiger partial charge in [0.1, 0.15) is 0 Å². The van der Waals surface area contributed by atoms with Crippen LogP contribution in [0.1, 0.15) is 67.5 Å². The smallest absolute Gasteiger partial charge is 0.871 e. The van der Waals surface area contributed by atoms with Crippen LogP contribution >= 0.6 is 0 Å². The average Bonchev–Trinajstić information content (AvgIpc) is 3.09. The Morgan fingerprint density at radius 1 is 0.229 bits per heavy atom. The van der Waals surface area contributed by atoms with Crippen molar-refractivity contribution in [2.45, 2.75) is 83.1 Å². The summed E-state index contributed by atoms with van der Waals surface area (Å²) >= 11 is 0. The molecule has 12 rings (SSSR count). The number of aromatic nitrogens is 6. The summed E-state index contributed by atoms with van der Waals surface area (Å²) in [5.74, 6) is 3.04. The normalized spacial score (nSPS) is 11.0. The molecule has 408 valence electrons. The third kappa shape index (κ3) is 11.0. The summed E-state index contributed by atoms with van der Waals surface area (Å²) in [6.07, 6.45) is 0. The fourth-order valence-electron chi connectivity index (χ4n) is 10.5. The Bertz CT molecular complexity index is 3830. The van der Waals surface area contributed by atoms with Crippen LogP contribution in [0.5, 0.6) is 69.0 Å². The van der Waals surface area contributed by atoms with Crippen molar-refractivity contribution in [2.24, 2.45) is 0 Å². The Balaban J connectivity index is 0.000000161. The van der Waals surface area contributed by atoms with Gasteiger partial charge in [0.25, 0.3) is 0 Å².